The summed E-state index contributed by atoms with van der Waals surface area (Å²) in [5.41, 5.74) is 1.17. The van der Waals surface area contributed by atoms with Crippen molar-refractivity contribution < 1.29 is 4.79 Å². The fourth-order valence-electron chi connectivity index (χ4n) is 0. The molecule has 0 aliphatic heterocycles. The van der Waals surface area contributed by atoms with E-state index in [0.717, 1.165) is 0 Å². The molecule has 1 nitrogen and oxygen atoms in total. The fourth-order valence-corrected chi connectivity index (χ4v) is 0. The van der Waals surface area contributed by atoms with Crippen LogP contribution in [0.2, 0.25) is 0 Å². The van der Waals surface area contributed by atoms with Gasteiger partial charge in [-0.1, -0.05) is 13.0 Å². The van der Waals surface area contributed by atoms with Gasteiger partial charge in [0.1, 0.15) is 5.78 Å². The summed E-state index contributed by atoms with van der Waals surface area (Å²) in [6, 6.07) is 0. The maximum Gasteiger partial charge on any atom is 0.126 e. The molecule has 0 bridgehead atoms. The van der Waals surface area contributed by atoms with E-state index in [9.17, 15) is 4.79 Å². The molecule has 0 saturated carbocycles. The monoisotopic (exact) mass is 130 g/mol. The maximum atomic E-state index is 9.44. The fraction of sp³-hybridized carbons (Fsp3) is 0.625. The van der Waals surface area contributed by atoms with Gasteiger partial charge in [0.15, 0.2) is 0 Å². The first-order chi connectivity index (χ1) is 3.46. The molecule has 0 radical (unpaired) electrons. The van der Waals surface area contributed by atoms with E-state index in [1.165, 1.54) is 19.4 Å². The Morgan fingerprint density at radius 1 is 1.11 bits per heavy atom. The van der Waals surface area contributed by atoms with E-state index in [0.29, 0.717) is 0 Å². The Hall–Kier alpha value is -0.590. The van der Waals surface area contributed by atoms with Crippen molar-refractivity contribution in [2.24, 2.45) is 0 Å². The molecule has 0 aromatic heterocycles. The zero-order valence-electron chi connectivity index (χ0n) is 6.12. The number of ketones is 1. The molecule has 0 spiro atoms. The standard InChI is InChI=1S/C4H8.C3H6O.CH4/c1-4(2)3;1-3(2)4;/h1H2,2-3H3;1-2H3;1H4. The number of hydrogen-bond acceptors (Lipinski definition) is 1. The molecule has 0 atom stereocenters. The van der Waals surface area contributed by atoms with Crippen LogP contribution in [0.1, 0.15) is 35.1 Å². The summed E-state index contributed by atoms with van der Waals surface area (Å²) in [6.45, 7) is 10.6. The molecular weight excluding hydrogens is 112 g/mol. The predicted octanol–water partition coefficient (Wildman–Crippen LogP) is 2.81. The molecule has 0 aliphatic rings. The van der Waals surface area contributed by atoms with Crippen LogP contribution in [-0.2, 0) is 4.79 Å². The predicted molar refractivity (Wildman–Crippen MR) is 43.6 cm³/mol. The van der Waals surface area contributed by atoms with Gasteiger partial charge in [0, 0.05) is 0 Å². The van der Waals surface area contributed by atoms with Gasteiger partial charge in [-0.3, -0.25) is 0 Å². The van der Waals surface area contributed by atoms with Crippen molar-refractivity contribution in [2.75, 3.05) is 0 Å². The third kappa shape index (κ3) is 623. The summed E-state index contributed by atoms with van der Waals surface area (Å²) < 4.78 is 0. The molecule has 0 N–H and O–H groups in total. The number of allylic oxidation sites excluding steroid dienone is 1. The van der Waals surface area contributed by atoms with Crippen LogP contribution >= 0.6 is 0 Å². The van der Waals surface area contributed by atoms with Gasteiger partial charge in [0.25, 0.3) is 0 Å². The Balaban J connectivity index is -0.0000000720. The molecule has 0 aliphatic carbocycles. The lowest BCUT2D eigenvalue weighted by Gasteiger charge is -1.65. The largest absolute Gasteiger partial charge is 0.300 e. The van der Waals surface area contributed by atoms with Gasteiger partial charge in [-0.2, -0.15) is 0 Å². The summed E-state index contributed by atoms with van der Waals surface area (Å²) in [6.07, 6.45) is 0. The molecule has 0 saturated heterocycles. The van der Waals surface area contributed by atoms with Gasteiger partial charge in [-0.05, 0) is 27.7 Å². The van der Waals surface area contributed by atoms with E-state index in [2.05, 4.69) is 6.58 Å². The molecule has 1 heteroatoms. The van der Waals surface area contributed by atoms with E-state index < -0.39 is 0 Å². The highest BCUT2D eigenvalue weighted by Gasteiger charge is 1.62. The van der Waals surface area contributed by atoms with Crippen LogP contribution in [0.3, 0.4) is 0 Å². The molecule has 0 aromatic rings. The second-order valence-electron chi connectivity index (χ2n) is 2.12. The van der Waals surface area contributed by atoms with Gasteiger partial charge in [0.2, 0.25) is 0 Å². The van der Waals surface area contributed by atoms with Gasteiger partial charge < -0.3 is 4.79 Å². The van der Waals surface area contributed by atoms with E-state index in [-0.39, 0.29) is 13.2 Å². The van der Waals surface area contributed by atoms with E-state index >= 15 is 0 Å². The highest BCUT2D eigenvalue weighted by molar-refractivity contribution is 5.72. The van der Waals surface area contributed by atoms with Crippen LogP contribution in [0.4, 0.5) is 0 Å². The molecule has 56 valence electrons. The second kappa shape index (κ2) is 10.4. The number of rotatable bonds is 0. The number of hydrogen-bond donors (Lipinski definition) is 0. The van der Waals surface area contributed by atoms with Crippen LogP contribution in [-0.4, -0.2) is 5.78 Å². The van der Waals surface area contributed by atoms with Crippen LogP contribution in [0.5, 0.6) is 0 Å². The number of Topliss-reactive ketones (excluding diaryl/α,β-unsaturated/α-hetero) is 1. The van der Waals surface area contributed by atoms with Crippen molar-refractivity contribution in [1.29, 1.82) is 0 Å². The number of carbonyl (C=O) groups is 1. The average Bonchev–Trinajstić information content (AvgIpc) is 1.25. The first-order valence-corrected chi connectivity index (χ1v) is 2.56. The molecule has 0 fully saturated rings. The molecule has 0 rings (SSSR count). The summed E-state index contributed by atoms with van der Waals surface area (Å²) in [7, 11) is 0. The molecule has 9 heavy (non-hydrogen) atoms. The minimum Gasteiger partial charge on any atom is -0.300 e. The van der Waals surface area contributed by atoms with Crippen molar-refractivity contribution in [3.63, 3.8) is 0 Å². The van der Waals surface area contributed by atoms with E-state index in [4.69, 9.17) is 0 Å². The van der Waals surface area contributed by atoms with Crippen LogP contribution in [0, 0.1) is 0 Å². The van der Waals surface area contributed by atoms with Gasteiger partial charge in [-0.15, -0.1) is 6.58 Å². The lowest BCUT2D eigenvalue weighted by molar-refractivity contribution is -0.114. The Labute approximate surface area is 58.8 Å². The quantitative estimate of drug-likeness (QED) is 0.461. The Bertz CT molecular complexity index is 62.6. The van der Waals surface area contributed by atoms with Crippen molar-refractivity contribution in [1.82, 2.24) is 0 Å². The summed E-state index contributed by atoms with van der Waals surface area (Å²) >= 11 is 0. The Kier molecular flexibility index (Phi) is 18.2. The second-order valence-corrected chi connectivity index (χ2v) is 2.12. The van der Waals surface area contributed by atoms with Gasteiger partial charge in [0.05, 0.1) is 0 Å². The Morgan fingerprint density at radius 3 is 1.11 bits per heavy atom. The first kappa shape index (κ1) is 15.8. The van der Waals surface area contributed by atoms with Crippen molar-refractivity contribution in [3.8, 4) is 0 Å². The third-order valence-electron chi connectivity index (χ3n) is 0. The van der Waals surface area contributed by atoms with Crippen LogP contribution < -0.4 is 0 Å². The highest BCUT2D eigenvalue weighted by atomic mass is 16.1. The van der Waals surface area contributed by atoms with Crippen molar-refractivity contribution in [3.05, 3.63) is 12.2 Å². The normalized spacial score (nSPS) is 5.78. The summed E-state index contributed by atoms with van der Waals surface area (Å²) in [5, 5.41) is 0. The minimum absolute atomic E-state index is 0. The van der Waals surface area contributed by atoms with Crippen LogP contribution in [0.25, 0.3) is 0 Å². The molecule has 0 amide bonds. The topological polar surface area (TPSA) is 17.1 Å². The maximum absolute atomic E-state index is 9.44. The first-order valence-electron chi connectivity index (χ1n) is 2.56. The molecule has 0 unspecified atom stereocenters. The zero-order valence-corrected chi connectivity index (χ0v) is 6.12. The zero-order chi connectivity index (χ0) is 7.15. The lowest BCUT2D eigenvalue weighted by atomic mass is 10.4. The number of carbonyl (C=O) groups excluding carboxylic acids is 1. The highest BCUT2D eigenvalue weighted by Crippen LogP contribution is 1.73. The SMILES string of the molecule is C.C=C(C)C.CC(C)=O. The molecular formula is C8H18O. The molecule has 0 aromatic carbocycles. The van der Waals surface area contributed by atoms with E-state index in [1.54, 1.807) is 0 Å². The average molecular weight is 130 g/mol. The smallest absolute Gasteiger partial charge is 0.126 e. The molecule has 0 heterocycles. The van der Waals surface area contributed by atoms with Gasteiger partial charge >= 0.3 is 0 Å². The lowest BCUT2D eigenvalue weighted by Crippen LogP contribution is -1.69. The van der Waals surface area contributed by atoms with Crippen molar-refractivity contribution in [2.45, 2.75) is 35.1 Å². The van der Waals surface area contributed by atoms with Crippen LogP contribution in [0.15, 0.2) is 12.2 Å². The van der Waals surface area contributed by atoms with E-state index in [1.807, 2.05) is 13.8 Å². The minimum atomic E-state index is 0. The van der Waals surface area contributed by atoms with Gasteiger partial charge in [-0.25, -0.2) is 0 Å². The summed E-state index contributed by atoms with van der Waals surface area (Å²) in [4.78, 5) is 9.44. The van der Waals surface area contributed by atoms with Crippen molar-refractivity contribution >= 4 is 5.78 Å². The summed E-state index contributed by atoms with van der Waals surface area (Å²) in [5.74, 6) is 0.167. The Morgan fingerprint density at radius 2 is 1.11 bits per heavy atom. The third-order valence-corrected chi connectivity index (χ3v) is 0.